The summed E-state index contributed by atoms with van der Waals surface area (Å²) in [6.07, 6.45) is 0. The number of nitrogens with one attached hydrogen (secondary N) is 2. The van der Waals surface area contributed by atoms with Crippen LogP contribution in [0.4, 0.5) is 5.69 Å². The lowest BCUT2D eigenvalue weighted by Gasteiger charge is -2.13. The molecule has 0 radical (unpaired) electrons. The number of methoxy groups -OCH3 is 2. The second-order valence-electron chi connectivity index (χ2n) is 4.62. The number of aliphatic imine (C=N–C) groups is 1. The van der Waals surface area contributed by atoms with Crippen molar-refractivity contribution in [3.05, 3.63) is 29.9 Å². The Kier molecular flexibility index (Phi) is 8.30. The van der Waals surface area contributed by atoms with Crippen molar-refractivity contribution in [1.29, 1.82) is 0 Å². The fourth-order valence-electron chi connectivity index (χ4n) is 1.91. The summed E-state index contributed by atoms with van der Waals surface area (Å²) in [6.45, 7) is 4.78. The van der Waals surface area contributed by atoms with Gasteiger partial charge in [-0.1, -0.05) is 5.16 Å². The molecule has 2 aromatic rings. The molecule has 0 spiro atoms. The van der Waals surface area contributed by atoms with E-state index in [1.54, 1.807) is 21.1 Å². The number of rotatable bonds is 6. The van der Waals surface area contributed by atoms with Crippen LogP contribution in [0, 0.1) is 6.92 Å². The average molecular weight is 447 g/mol. The molecule has 0 fully saturated rings. The molecular formula is C15H22IN5O3. The van der Waals surface area contributed by atoms with E-state index >= 15 is 0 Å². The number of aromatic nitrogens is 2. The highest BCUT2D eigenvalue weighted by molar-refractivity contribution is 14.0. The molecule has 1 aromatic heterocycles. The summed E-state index contributed by atoms with van der Waals surface area (Å²) in [5, 5.41) is 10.2. The molecule has 0 saturated carbocycles. The van der Waals surface area contributed by atoms with Gasteiger partial charge in [-0.3, -0.25) is 0 Å². The van der Waals surface area contributed by atoms with Gasteiger partial charge in [-0.25, -0.2) is 4.99 Å². The highest BCUT2D eigenvalue weighted by atomic mass is 127. The molecule has 2 rings (SSSR count). The molecule has 0 bridgehead atoms. The van der Waals surface area contributed by atoms with Gasteiger partial charge in [0, 0.05) is 25.2 Å². The van der Waals surface area contributed by atoms with Crippen LogP contribution in [0.2, 0.25) is 0 Å². The van der Waals surface area contributed by atoms with Crippen LogP contribution in [-0.2, 0) is 6.54 Å². The smallest absolute Gasteiger partial charge is 0.223 e. The first kappa shape index (κ1) is 20.0. The Hall–Kier alpha value is -2.04. The SMILES string of the molecule is CCNC(=NCc1noc(C)n1)Nc1ccc(OC)c(OC)c1.I. The molecule has 0 atom stereocenters. The standard InChI is InChI=1S/C15H21N5O3.HI/c1-5-16-15(17-9-14-18-10(2)23-20-14)19-11-6-7-12(21-3)13(8-11)22-4;/h6-8H,5,9H2,1-4H3,(H2,16,17,19);1H. The molecule has 1 heterocycles. The maximum Gasteiger partial charge on any atom is 0.223 e. The summed E-state index contributed by atoms with van der Waals surface area (Å²) in [7, 11) is 3.20. The number of guanidine groups is 1. The van der Waals surface area contributed by atoms with Gasteiger partial charge in [-0.2, -0.15) is 4.98 Å². The first-order chi connectivity index (χ1) is 11.2. The van der Waals surface area contributed by atoms with E-state index in [4.69, 9.17) is 14.0 Å². The van der Waals surface area contributed by atoms with Gasteiger partial charge in [0.15, 0.2) is 23.3 Å². The number of hydrogen-bond acceptors (Lipinski definition) is 6. The Labute approximate surface area is 158 Å². The minimum absolute atomic E-state index is 0. The molecule has 1 aromatic carbocycles. The van der Waals surface area contributed by atoms with Crippen molar-refractivity contribution < 1.29 is 14.0 Å². The molecule has 0 unspecified atom stereocenters. The van der Waals surface area contributed by atoms with E-state index in [0.29, 0.717) is 35.7 Å². The van der Waals surface area contributed by atoms with Crippen molar-refractivity contribution in [1.82, 2.24) is 15.5 Å². The molecule has 0 saturated heterocycles. The summed E-state index contributed by atoms with van der Waals surface area (Å²) < 4.78 is 15.4. The van der Waals surface area contributed by atoms with Gasteiger partial charge in [0.1, 0.15) is 6.54 Å². The first-order valence-corrected chi connectivity index (χ1v) is 7.22. The Balaban J connectivity index is 0.00000288. The predicted octanol–water partition coefficient (Wildman–Crippen LogP) is 2.59. The number of benzene rings is 1. The van der Waals surface area contributed by atoms with Crippen molar-refractivity contribution in [3.63, 3.8) is 0 Å². The minimum Gasteiger partial charge on any atom is -0.493 e. The van der Waals surface area contributed by atoms with Gasteiger partial charge in [-0.05, 0) is 19.1 Å². The average Bonchev–Trinajstić information content (AvgIpc) is 2.98. The van der Waals surface area contributed by atoms with E-state index in [-0.39, 0.29) is 24.0 Å². The number of nitrogens with zero attached hydrogens (tertiary/aromatic N) is 3. The van der Waals surface area contributed by atoms with Crippen LogP contribution >= 0.6 is 24.0 Å². The van der Waals surface area contributed by atoms with Gasteiger partial charge in [0.05, 0.1) is 14.2 Å². The van der Waals surface area contributed by atoms with E-state index < -0.39 is 0 Å². The highest BCUT2D eigenvalue weighted by Gasteiger charge is 2.07. The summed E-state index contributed by atoms with van der Waals surface area (Å²) in [4.78, 5) is 8.55. The van der Waals surface area contributed by atoms with Crippen LogP contribution in [0.5, 0.6) is 11.5 Å². The fraction of sp³-hybridized carbons (Fsp3) is 0.400. The van der Waals surface area contributed by atoms with Crippen molar-refractivity contribution in [2.45, 2.75) is 20.4 Å². The molecule has 2 N–H and O–H groups in total. The third-order valence-corrected chi connectivity index (χ3v) is 2.94. The molecule has 24 heavy (non-hydrogen) atoms. The Morgan fingerprint density at radius 3 is 2.58 bits per heavy atom. The summed E-state index contributed by atoms with van der Waals surface area (Å²) in [5.74, 6) is 2.98. The van der Waals surface area contributed by atoms with Crippen molar-refractivity contribution in [2.75, 3.05) is 26.1 Å². The molecule has 0 aliphatic heterocycles. The quantitative estimate of drug-likeness (QED) is 0.400. The van der Waals surface area contributed by atoms with Crippen LogP contribution in [0.15, 0.2) is 27.7 Å². The van der Waals surface area contributed by atoms with Crippen LogP contribution in [0.25, 0.3) is 0 Å². The van der Waals surface area contributed by atoms with Gasteiger partial charge in [-0.15, -0.1) is 24.0 Å². The van der Waals surface area contributed by atoms with Crippen LogP contribution in [0.1, 0.15) is 18.6 Å². The first-order valence-electron chi connectivity index (χ1n) is 7.22. The van der Waals surface area contributed by atoms with Crippen LogP contribution in [-0.4, -0.2) is 36.9 Å². The minimum atomic E-state index is 0. The summed E-state index contributed by atoms with van der Waals surface area (Å²) >= 11 is 0. The van der Waals surface area contributed by atoms with Crippen LogP contribution in [0.3, 0.4) is 0 Å². The third-order valence-electron chi connectivity index (χ3n) is 2.94. The van der Waals surface area contributed by atoms with Gasteiger partial charge >= 0.3 is 0 Å². The maximum absolute atomic E-state index is 5.29. The molecule has 0 aliphatic carbocycles. The fourth-order valence-corrected chi connectivity index (χ4v) is 1.91. The monoisotopic (exact) mass is 447 g/mol. The zero-order chi connectivity index (χ0) is 16.7. The molecule has 0 aliphatic rings. The second-order valence-corrected chi connectivity index (χ2v) is 4.62. The molecule has 9 heteroatoms. The van der Waals surface area contributed by atoms with Crippen molar-refractivity contribution in [2.24, 2.45) is 4.99 Å². The molecule has 8 nitrogen and oxygen atoms in total. The number of aryl methyl sites for hydroxylation is 1. The van der Waals surface area contributed by atoms with Crippen LogP contribution < -0.4 is 20.1 Å². The molecular weight excluding hydrogens is 425 g/mol. The van der Waals surface area contributed by atoms with E-state index in [2.05, 4.69) is 25.8 Å². The number of hydrogen-bond donors (Lipinski definition) is 2. The van der Waals surface area contributed by atoms with E-state index in [1.807, 2.05) is 25.1 Å². The Morgan fingerprint density at radius 1 is 1.25 bits per heavy atom. The molecule has 132 valence electrons. The zero-order valence-electron chi connectivity index (χ0n) is 14.1. The van der Waals surface area contributed by atoms with E-state index in [1.165, 1.54) is 0 Å². The largest absolute Gasteiger partial charge is 0.493 e. The summed E-state index contributed by atoms with van der Waals surface area (Å²) in [5.41, 5.74) is 0.826. The van der Waals surface area contributed by atoms with Gasteiger partial charge < -0.3 is 24.6 Å². The molecule has 0 amide bonds. The van der Waals surface area contributed by atoms with Crippen molar-refractivity contribution in [3.8, 4) is 11.5 Å². The lowest BCUT2D eigenvalue weighted by Crippen LogP contribution is -2.30. The normalized spacial score (nSPS) is 10.8. The van der Waals surface area contributed by atoms with Gasteiger partial charge in [0.2, 0.25) is 5.89 Å². The number of ether oxygens (including phenoxy) is 2. The lowest BCUT2D eigenvalue weighted by atomic mass is 10.3. The second kappa shape index (κ2) is 9.96. The highest BCUT2D eigenvalue weighted by Crippen LogP contribution is 2.29. The van der Waals surface area contributed by atoms with E-state index in [0.717, 1.165) is 12.2 Å². The van der Waals surface area contributed by atoms with E-state index in [9.17, 15) is 0 Å². The van der Waals surface area contributed by atoms with Gasteiger partial charge in [0.25, 0.3) is 0 Å². The summed E-state index contributed by atoms with van der Waals surface area (Å²) in [6, 6.07) is 5.55. The Morgan fingerprint density at radius 2 is 2.00 bits per heavy atom. The topological polar surface area (TPSA) is 93.8 Å². The van der Waals surface area contributed by atoms with Crippen molar-refractivity contribution >= 4 is 35.6 Å². The third kappa shape index (κ3) is 5.55. The zero-order valence-corrected chi connectivity index (χ0v) is 16.5. The lowest BCUT2D eigenvalue weighted by molar-refractivity contribution is 0.355. The number of halogens is 1. The number of anilines is 1. The Bertz CT molecular complexity index is 675. The predicted molar refractivity (Wildman–Crippen MR) is 102 cm³/mol. The maximum atomic E-state index is 5.29.